The quantitative estimate of drug-likeness (QED) is 0.814. The summed E-state index contributed by atoms with van der Waals surface area (Å²) in [4.78, 5) is 2.50. The van der Waals surface area contributed by atoms with Gasteiger partial charge in [0, 0.05) is 19.7 Å². The predicted octanol–water partition coefficient (Wildman–Crippen LogP) is 1.38. The number of piperidine rings is 1. The van der Waals surface area contributed by atoms with Gasteiger partial charge >= 0.3 is 0 Å². The van der Waals surface area contributed by atoms with Gasteiger partial charge in [-0.05, 0) is 51.2 Å². The number of hydrogen-bond donors (Lipinski definition) is 1. The molecule has 2 aliphatic rings. The van der Waals surface area contributed by atoms with Gasteiger partial charge in [-0.25, -0.2) is 0 Å². The van der Waals surface area contributed by atoms with Crippen molar-refractivity contribution in [1.29, 1.82) is 0 Å². The SMILES string of the molecule is CN(CC1CCCNC1)CC1CCOC1.Cl. The maximum absolute atomic E-state index is 5.41. The standard InChI is InChI=1S/C12H24N2O.ClH/c1-14(9-12-4-6-15-10-12)8-11-3-2-5-13-7-11;/h11-13H,2-10H2,1H3;1H. The Morgan fingerprint density at radius 2 is 2.06 bits per heavy atom. The van der Waals surface area contributed by atoms with Crippen LogP contribution in [0.4, 0.5) is 0 Å². The van der Waals surface area contributed by atoms with Crippen LogP contribution < -0.4 is 5.32 Å². The Labute approximate surface area is 105 Å². The maximum Gasteiger partial charge on any atom is 0.0507 e. The number of halogens is 1. The Bertz CT molecular complexity index is 180. The van der Waals surface area contributed by atoms with Gasteiger partial charge in [0.2, 0.25) is 0 Å². The van der Waals surface area contributed by atoms with Crippen molar-refractivity contribution in [3.63, 3.8) is 0 Å². The Hall–Kier alpha value is 0.170. The van der Waals surface area contributed by atoms with Crippen LogP contribution in [0.5, 0.6) is 0 Å². The van der Waals surface area contributed by atoms with Crippen LogP contribution in [0, 0.1) is 11.8 Å². The fourth-order valence-corrected chi connectivity index (χ4v) is 2.76. The molecule has 2 aliphatic heterocycles. The molecule has 4 heteroatoms. The Morgan fingerprint density at radius 1 is 1.25 bits per heavy atom. The molecule has 0 aliphatic carbocycles. The molecule has 2 fully saturated rings. The highest BCUT2D eigenvalue weighted by molar-refractivity contribution is 5.85. The minimum Gasteiger partial charge on any atom is -0.381 e. The third-order valence-electron chi connectivity index (χ3n) is 3.56. The normalized spacial score (nSPS) is 30.4. The van der Waals surface area contributed by atoms with Crippen LogP contribution in [0.15, 0.2) is 0 Å². The highest BCUT2D eigenvalue weighted by Gasteiger charge is 2.20. The lowest BCUT2D eigenvalue weighted by Crippen LogP contribution is -2.38. The second kappa shape index (κ2) is 7.49. The molecule has 16 heavy (non-hydrogen) atoms. The molecule has 3 nitrogen and oxygen atoms in total. The lowest BCUT2D eigenvalue weighted by molar-refractivity contribution is 0.166. The fraction of sp³-hybridized carbons (Fsp3) is 1.00. The van der Waals surface area contributed by atoms with E-state index in [9.17, 15) is 0 Å². The molecule has 2 rings (SSSR count). The number of ether oxygens (including phenoxy) is 1. The zero-order chi connectivity index (χ0) is 10.5. The summed E-state index contributed by atoms with van der Waals surface area (Å²) in [5, 5.41) is 3.48. The van der Waals surface area contributed by atoms with E-state index in [0.717, 1.165) is 25.0 Å². The zero-order valence-electron chi connectivity index (χ0n) is 10.3. The molecule has 0 aromatic heterocycles. The molecular formula is C12H25ClN2O. The van der Waals surface area contributed by atoms with Gasteiger partial charge in [0.15, 0.2) is 0 Å². The summed E-state index contributed by atoms with van der Waals surface area (Å²) in [6.07, 6.45) is 4.01. The van der Waals surface area contributed by atoms with Crippen molar-refractivity contribution in [3.8, 4) is 0 Å². The van der Waals surface area contributed by atoms with Crippen molar-refractivity contribution in [2.75, 3.05) is 46.4 Å². The molecule has 0 aromatic rings. The number of nitrogens with one attached hydrogen (secondary N) is 1. The number of rotatable bonds is 4. The second-order valence-electron chi connectivity index (χ2n) is 5.16. The van der Waals surface area contributed by atoms with E-state index in [1.807, 2.05) is 0 Å². The highest BCUT2D eigenvalue weighted by atomic mass is 35.5. The molecule has 1 N–H and O–H groups in total. The largest absolute Gasteiger partial charge is 0.381 e. The second-order valence-corrected chi connectivity index (χ2v) is 5.16. The summed E-state index contributed by atoms with van der Waals surface area (Å²) >= 11 is 0. The lowest BCUT2D eigenvalue weighted by Gasteiger charge is -2.28. The van der Waals surface area contributed by atoms with E-state index in [0.29, 0.717) is 0 Å². The van der Waals surface area contributed by atoms with Crippen LogP contribution in [0.2, 0.25) is 0 Å². The first-order valence-corrected chi connectivity index (χ1v) is 6.31. The van der Waals surface area contributed by atoms with E-state index in [4.69, 9.17) is 4.74 Å². The van der Waals surface area contributed by atoms with Gasteiger partial charge in [-0.3, -0.25) is 0 Å². The summed E-state index contributed by atoms with van der Waals surface area (Å²) in [5.74, 6) is 1.65. The summed E-state index contributed by atoms with van der Waals surface area (Å²) in [7, 11) is 2.26. The average Bonchev–Trinajstić information content (AvgIpc) is 2.71. The molecule has 96 valence electrons. The van der Waals surface area contributed by atoms with Gasteiger partial charge in [-0.1, -0.05) is 0 Å². The van der Waals surface area contributed by atoms with E-state index in [1.165, 1.54) is 45.4 Å². The van der Waals surface area contributed by atoms with E-state index in [1.54, 1.807) is 0 Å². The van der Waals surface area contributed by atoms with Crippen LogP contribution in [0.3, 0.4) is 0 Å². The predicted molar refractivity (Wildman–Crippen MR) is 69.3 cm³/mol. The van der Waals surface area contributed by atoms with E-state index in [2.05, 4.69) is 17.3 Å². The molecule has 2 heterocycles. The van der Waals surface area contributed by atoms with Gasteiger partial charge in [0.25, 0.3) is 0 Å². The average molecular weight is 249 g/mol. The molecule has 2 unspecified atom stereocenters. The summed E-state index contributed by atoms with van der Waals surface area (Å²) in [6, 6.07) is 0. The molecule has 0 spiro atoms. The lowest BCUT2D eigenvalue weighted by atomic mass is 9.98. The third-order valence-corrected chi connectivity index (χ3v) is 3.56. The molecule has 2 saturated heterocycles. The van der Waals surface area contributed by atoms with Crippen molar-refractivity contribution in [2.24, 2.45) is 11.8 Å². The van der Waals surface area contributed by atoms with Crippen molar-refractivity contribution in [3.05, 3.63) is 0 Å². The topological polar surface area (TPSA) is 24.5 Å². The van der Waals surface area contributed by atoms with Gasteiger partial charge in [0.05, 0.1) is 6.61 Å². The molecule has 0 bridgehead atoms. The zero-order valence-corrected chi connectivity index (χ0v) is 11.1. The van der Waals surface area contributed by atoms with Crippen molar-refractivity contribution < 1.29 is 4.74 Å². The Kier molecular flexibility index (Phi) is 6.66. The molecule has 0 radical (unpaired) electrons. The molecular weight excluding hydrogens is 224 g/mol. The van der Waals surface area contributed by atoms with Gasteiger partial charge < -0.3 is 15.0 Å². The number of hydrogen-bond acceptors (Lipinski definition) is 3. The Balaban J connectivity index is 0.00000128. The Morgan fingerprint density at radius 3 is 2.69 bits per heavy atom. The van der Waals surface area contributed by atoms with Crippen LogP contribution in [-0.4, -0.2) is 51.3 Å². The maximum atomic E-state index is 5.41. The van der Waals surface area contributed by atoms with Crippen LogP contribution in [0.25, 0.3) is 0 Å². The summed E-state index contributed by atoms with van der Waals surface area (Å²) in [5.41, 5.74) is 0. The summed E-state index contributed by atoms with van der Waals surface area (Å²) in [6.45, 7) is 6.86. The van der Waals surface area contributed by atoms with Crippen molar-refractivity contribution in [1.82, 2.24) is 10.2 Å². The fourth-order valence-electron chi connectivity index (χ4n) is 2.76. The van der Waals surface area contributed by atoms with Crippen molar-refractivity contribution in [2.45, 2.75) is 19.3 Å². The van der Waals surface area contributed by atoms with Crippen LogP contribution in [0.1, 0.15) is 19.3 Å². The first-order chi connectivity index (χ1) is 7.34. The molecule has 0 saturated carbocycles. The minimum absolute atomic E-state index is 0. The molecule has 2 atom stereocenters. The first-order valence-electron chi connectivity index (χ1n) is 6.31. The smallest absolute Gasteiger partial charge is 0.0507 e. The molecule has 0 amide bonds. The number of nitrogens with zero attached hydrogens (tertiary/aromatic N) is 1. The minimum atomic E-state index is 0. The van der Waals surface area contributed by atoms with Gasteiger partial charge in [-0.15, -0.1) is 12.4 Å². The monoisotopic (exact) mass is 248 g/mol. The van der Waals surface area contributed by atoms with E-state index >= 15 is 0 Å². The van der Waals surface area contributed by atoms with Gasteiger partial charge in [-0.2, -0.15) is 0 Å². The first kappa shape index (κ1) is 14.2. The van der Waals surface area contributed by atoms with E-state index in [-0.39, 0.29) is 12.4 Å². The third kappa shape index (κ3) is 4.58. The van der Waals surface area contributed by atoms with Crippen molar-refractivity contribution >= 4 is 12.4 Å². The van der Waals surface area contributed by atoms with Gasteiger partial charge in [0.1, 0.15) is 0 Å². The summed E-state index contributed by atoms with van der Waals surface area (Å²) < 4.78 is 5.41. The van der Waals surface area contributed by atoms with Crippen LogP contribution in [-0.2, 0) is 4.74 Å². The van der Waals surface area contributed by atoms with Crippen LogP contribution >= 0.6 is 12.4 Å². The highest BCUT2D eigenvalue weighted by Crippen LogP contribution is 2.16. The molecule has 0 aromatic carbocycles. The van der Waals surface area contributed by atoms with E-state index < -0.39 is 0 Å².